The Balaban J connectivity index is 1.01. The molecule has 0 saturated carbocycles. The number of rotatable bonds is 8. The molecule has 2 heterocycles. The molecule has 0 aliphatic carbocycles. The van der Waals surface area contributed by atoms with Crippen molar-refractivity contribution in [2.45, 2.75) is 39.5 Å². The van der Waals surface area contributed by atoms with E-state index in [2.05, 4.69) is 159 Å². The number of benzene rings is 9. The van der Waals surface area contributed by atoms with Crippen molar-refractivity contribution in [2.24, 2.45) is 0 Å². The standard InChI is InChI=1S/C56H42F2N2O2/c1-33(2)35-5-15-41(16-6-35)59(43-19-11-39(57)12-20-43)45-23-27-47-37(31-45)9-25-49-51-29-30-52-50-26-10-38-32-46(24-28-48(38)54(50)62-56(52)55(51)61-53(47)49)60(44-21-13-40(58)14-22-44)42-17-7-36(8-18-42)34(3)4/h5-34H,1-4H3. The molecule has 0 saturated heterocycles. The van der Waals surface area contributed by atoms with E-state index in [-0.39, 0.29) is 11.6 Å². The molecule has 0 atom stereocenters. The van der Waals surface area contributed by atoms with E-state index < -0.39 is 0 Å². The summed E-state index contributed by atoms with van der Waals surface area (Å²) in [7, 11) is 0. The predicted octanol–water partition coefficient (Wildman–Crippen LogP) is 17.3. The molecule has 11 rings (SSSR count). The molecule has 0 aliphatic rings. The number of hydrogen-bond acceptors (Lipinski definition) is 4. The van der Waals surface area contributed by atoms with Crippen LogP contribution >= 0.6 is 0 Å². The van der Waals surface area contributed by atoms with Crippen LogP contribution in [-0.4, -0.2) is 0 Å². The zero-order valence-corrected chi connectivity index (χ0v) is 34.8. The maximum absolute atomic E-state index is 14.1. The minimum Gasteiger partial charge on any atom is -0.451 e. The van der Waals surface area contributed by atoms with Crippen molar-refractivity contribution in [2.75, 3.05) is 9.80 Å². The van der Waals surface area contributed by atoms with Crippen molar-refractivity contribution in [3.63, 3.8) is 0 Å². The molecular formula is C56H42F2N2O2. The van der Waals surface area contributed by atoms with E-state index in [0.29, 0.717) is 23.0 Å². The van der Waals surface area contributed by atoms with Crippen LogP contribution < -0.4 is 9.80 Å². The zero-order chi connectivity index (χ0) is 42.2. The van der Waals surface area contributed by atoms with Crippen molar-refractivity contribution < 1.29 is 17.6 Å². The maximum Gasteiger partial charge on any atom is 0.178 e. The highest BCUT2D eigenvalue weighted by Crippen LogP contribution is 2.45. The minimum atomic E-state index is -0.274. The number of halogens is 2. The molecule has 62 heavy (non-hydrogen) atoms. The van der Waals surface area contributed by atoms with Crippen molar-refractivity contribution in [3.05, 3.63) is 193 Å². The van der Waals surface area contributed by atoms with Gasteiger partial charge in [0.2, 0.25) is 0 Å². The molecule has 0 unspecified atom stereocenters. The van der Waals surface area contributed by atoms with Gasteiger partial charge in [-0.15, -0.1) is 0 Å². The topological polar surface area (TPSA) is 32.8 Å². The number of anilines is 6. The fourth-order valence-electron chi connectivity index (χ4n) is 8.98. The molecule has 302 valence electrons. The Morgan fingerprint density at radius 2 is 0.613 bits per heavy atom. The zero-order valence-electron chi connectivity index (χ0n) is 34.8. The lowest BCUT2D eigenvalue weighted by Gasteiger charge is -2.26. The highest BCUT2D eigenvalue weighted by molar-refractivity contribution is 6.24. The molecule has 0 radical (unpaired) electrons. The molecule has 11 aromatic rings. The highest BCUT2D eigenvalue weighted by atomic mass is 19.1. The summed E-state index contributed by atoms with van der Waals surface area (Å²) in [5.74, 6) is 0.275. The molecule has 0 bridgehead atoms. The summed E-state index contributed by atoms with van der Waals surface area (Å²) in [4.78, 5) is 4.31. The second kappa shape index (κ2) is 14.6. The number of nitrogens with zero attached hydrogens (tertiary/aromatic N) is 2. The first-order valence-electron chi connectivity index (χ1n) is 21.2. The Labute approximate surface area is 357 Å². The van der Waals surface area contributed by atoms with Gasteiger partial charge in [-0.2, -0.15) is 0 Å². The van der Waals surface area contributed by atoms with Gasteiger partial charge in [-0.25, -0.2) is 8.78 Å². The Morgan fingerprint density at radius 3 is 0.968 bits per heavy atom. The van der Waals surface area contributed by atoms with Gasteiger partial charge in [0.05, 0.1) is 0 Å². The monoisotopic (exact) mass is 812 g/mol. The summed E-state index contributed by atoms with van der Waals surface area (Å²) in [6.07, 6.45) is 0. The van der Waals surface area contributed by atoms with Crippen LogP contribution in [0.15, 0.2) is 179 Å². The fourth-order valence-corrected chi connectivity index (χ4v) is 8.98. The van der Waals surface area contributed by atoms with Gasteiger partial charge in [0.15, 0.2) is 11.2 Å². The Hall–Kier alpha value is -7.44. The van der Waals surface area contributed by atoms with Gasteiger partial charge in [0.1, 0.15) is 22.8 Å². The lowest BCUT2D eigenvalue weighted by atomic mass is 10.0. The first kappa shape index (κ1) is 37.6. The highest BCUT2D eigenvalue weighted by Gasteiger charge is 2.21. The molecule has 4 nitrogen and oxygen atoms in total. The third-order valence-corrected chi connectivity index (χ3v) is 12.3. The maximum atomic E-state index is 14.1. The summed E-state index contributed by atoms with van der Waals surface area (Å²) in [6, 6.07) is 56.0. The average Bonchev–Trinajstić information content (AvgIpc) is 3.87. The van der Waals surface area contributed by atoms with Crippen LogP contribution in [0.5, 0.6) is 0 Å². The van der Waals surface area contributed by atoms with Gasteiger partial charge < -0.3 is 18.6 Å². The van der Waals surface area contributed by atoms with Crippen LogP contribution in [0.4, 0.5) is 42.9 Å². The molecule has 0 spiro atoms. The van der Waals surface area contributed by atoms with E-state index in [4.69, 9.17) is 8.83 Å². The number of hydrogen-bond donors (Lipinski definition) is 0. The quantitative estimate of drug-likeness (QED) is 0.153. The van der Waals surface area contributed by atoms with E-state index in [0.717, 1.165) is 88.4 Å². The molecule has 0 aliphatic heterocycles. The van der Waals surface area contributed by atoms with Crippen LogP contribution in [0, 0.1) is 11.6 Å². The molecule has 9 aromatic carbocycles. The predicted molar refractivity (Wildman–Crippen MR) is 253 cm³/mol. The smallest absolute Gasteiger partial charge is 0.178 e. The van der Waals surface area contributed by atoms with Crippen LogP contribution in [-0.2, 0) is 0 Å². The summed E-state index contributed by atoms with van der Waals surface area (Å²) in [6.45, 7) is 8.74. The van der Waals surface area contributed by atoms with Gasteiger partial charge in [0.25, 0.3) is 0 Å². The van der Waals surface area contributed by atoms with Gasteiger partial charge >= 0.3 is 0 Å². The van der Waals surface area contributed by atoms with E-state index in [1.54, 1.807) is 0 Å². The molecule has 2 aromatic heterocycles. The van der Waals surface area contributed by atoms with E-state index in [9.17, 15) is 8.78 Å². The van der Waals surface area contributed by atoms with Gasteiger partial charge in [-0.1, -0.05) is 64.1 Å². The molecule has 0 fully saturated rings. The van der Waals surface area contributed by atoms with Crippen molar-refractivity contribution >= 4 is 99.5 Å². The SMILES string of the molecule is CC(C)c1ccc(N(c2ccc(F)cc2)c2ccc3c(ccc4c5ccc6c7ccc8cc(N(c9ccc(F)cc9)c9ccc(C(C)C)cc9)ccc8c7oc6c5oc34)c2)cc1. The summed E-state index contributed by atoms with van der Waals surface area (Å²) in [5, 5.41) is 8.02. The second-order valence-corrected chi connectivity index (χ2v) is 16.8. The largest absolute Gasteiger partial charge is 0.451 e. The van der Waals surface area contributed by atoms with Gasteiger partial charge in [-0.3, -0.25) is 0 Å². The van der Waals surface area contributed by atoms with Gasteiger partial charge in [-0.05, 0) is 167 Å². The molecule has 6 heteroatoms. The second-order valence-electron chi connectivity index (χ2n) is 16.8. The van der Waals surface area contributed by atoms with Crippen molar-refractivity contribution in [1.29, 1.82) is 0 Å². The van der Waals surface area contributed by atoms with Gasteiger partial charge in [0, 0.05) is 66.4 Å². The first-order valence-corrected chi connectivity index (χ1v) is 21.2. The van der Waals surface area contributed by atoms with Crippen LogP contribution in [0.2, 0.25) is 0 Å². The third-order valence-electron chi connectivity index (χ3n) is 12.3. The minimum absolute atomic E-state index is 0.274. The lowest BCUT2D eigenvalue weighted by molar-refractivity contribution is 0.627. The number of fused-ring (bicyclic) bond motifs is 11. The number of furan rings is 2. The summed E-state index contributed by atoms with van der Waals surface area (Å²) in [5.41, 5.74) is 11.1. The van der Waals surface area contributed by atoms with Crippen LogP contribution in [0.25, 0.3) is 65.4 Å². The average molecular weight is 813 g/mol. The fraction of sp³-hybridized carbons (Fsp3) is 0.107. The first-order chi connectivity index (χ1) is 30.2. The van der Waals surface area contributed by atoms with E-state index >= 15 is 0 Å². The lowest BCUT2D eigenvalue weighted by Crippen LogP contribution is -2.10. The molecular weight excluding hydrogens is 771 g/mol. The Kier molecular flexibility index (Phi) is 8.86. The normalized spacial score (nSPS) is 12.0. The Morgan fingerprint density at radius 1 is 0.323 bits per heavy atom. The van der Waals surface area contributed by atoms with Crippen molar-refractivity contribution in [3.8, 4) is 0 Å². The Bertz CT molecular complexity index is 3240. The summed E-state index contributed by atoms with van der Waals surface area (Å²) >= 11 is 0. The summed E-state index contributed by atoms with van der Waals surface area (Å²) < 4.78 is 41.9. The van der Waals surface area contributed by atoms with E-state index in [1.165, 1.54) is 35.4 Å². The third kappa shape index (κ3) is 6.25. The molecule has 0 N–H and O–H groups in total. The van der Waals surface area contributed by atoms with Crippen molar-refractivity contribution in [1.82, 2.24) is 0 Å². The molecule has 0 amide bonds. The van der Waals surface area contributed by atoms with Crippen LogP contribution in [0.3, 0.4) is 0 Å². The van der Waals surface area contributed by atoms with E-state index in [1.807, 2.05) is 24.3 Å². The van der Waals surface area contributed by atoms with Crippen LogP contribution in [0.1, 0.15) is 50.7 Å².